The quantitative estimate of drug-likeness (QED) is 0.712. The number of rotatable bonds is 4. The van der Waals surface area contributed by atoms with Crippen LogP contribution in [0.25, 0.3) is 0 Å². The summed E-state index contributed by atoms with van der Waals surface area (Å²) in [4.78, 5) is 27.5. The van der Waals surface area contributed by atoms with Gasteiger partial charge in [-0.1, -0.05) is 18.2 Å². The van der Waals surface area contributed by atoms with E-state index in [1.54, 1.807) is 12.3 Å². The van der Waals surface area contributed by atoms with Crippen LogP contribution < -0.4 is 0 Å². The molecule has 0 bridgehead atoms. The lowest BCUT2D eigenvalue weighted by atomic mass is 10.1. The van der Waals surface area contributed by atoms with E-state index in [9.17, 15) is 9.18 Å². The number of hydrogen-bond acceptors (Lipinski definition) is 4. The standard InChI is InChI=1S/C21H19FN4O/c22-16-5-1-4-15(12-16)13-17-6-2-7-18(25-17)20-8-3-11-26(20)21(27)19-14-23-9-10-24-19/h1-2,4-7,9-10,12,14,20H,3,8,11,13H2. The van der Waals surface area contributed by atoms with E-state index < -0.39 is 0 Å². The summed E-state index contributed by atoms with van der Waals surface area (Å²) in [5.74, 6) is -0.372. The van der Waals surface area contributed by atoms with Crippen molar-refractivity contribution in [2.45, 2.75) is 25.3 Å². The molecule has 1 saturated heterocycles. The molecule has 0 saturated carbocycles. The van der Waals surface area contributed by atoms with Crippen molar-refractivity contribution in [2.75, 3.05) is 6.54 Å². The number of hydrogen-bond donors (Lipinski definition) is 0. The Labute approximate surface area is 156 Å². The molecular formula is C21H19FN4O. The second-order valence-corrected chi connectivity index (χ2v) is 6.61. The monoisotopic (exact) mass is 362 g/mol. The number of halogens is 1. The molecule has 1 aliphatic heterocycles. The van der Waals surface area contributed by atoms with Crippen LogP contribution in [0.1, 0.15) is 46.3 Å². The minimum Gasteiger partial charge on any atom is -0.329 e. The molecule has 0 aliphatic carbocycles. The predicted octanol–water partition coefficient (Wildman–Crippen LogP) is 3.58. The highest BCUT2D eigenvalue weighted by Crippen LogP contribution is 2.32. The third-order valence-corrected chi connectivity index (χ3v) is 4.74. The topological polar surface area (TPSA) is 59.0 Å². The number of carbonyl (C=O) groups is 1. The molecule has 1 amide bonds. The maximum atomic E-state index is 13.4. The summed E-state index contributed by atoms with van der Waals surface area (Å²) in [5, 5.41) is 0. The summed E-state index contributed by atoms with van der Waals surface area (Å²) in [7, 11) is 0. The largest absolute Gasteiger partial charge is 0.329 e. The van der Waals surface area contributed by atoms with Crippen LogP contribution >= 0.6 is 0 Å². The fourth-order valence-corrected chi connectivity index (χ4v) is 3.51. The third kappa shape index (κ3) is 3.84. The van der Waals surface area contributed by atoms with E-state index in [0.29, 0.717) is 18.7 Å². The Morgan fingerprint density at radius 2 is 2.07 bits per heavy atom. The Morgan fingerprint density at radius 3 is 2.89 bits per heavy atom. The number of likely N-dealkylation sites (tertiary alicyclic amines) is 1. The molecular weight excluding hydrogens is 343 g/mol. The van der Waals surface area contributed by atoms with E-state index in [0.717, 1.165) is 29.8 Å². The smallest absolute Gasteiger partial charge is 0.274 e. The maximum Gasteiger partial charge on any atom is 0.274 e. The van der Waals surface area contributed by atoms with E-state index in [1.807, 2.05) is 29.2 Å². The summed E-state index contributed by atoms with van der Waals surface area (Å²) in [6, 6.07) is 12.3. The van der Waals surface area contributed by atoms with Gasteiger partial charge >= 0.3 is 0 Å². The van der Waals surface area contributed by atoms with Crippen molar-refractivity contribution in [3.63, 3.8) is 0 Å². The number of amides is 1. The van der Waals surface area contributed by atoms with Crippen LogP contribution in [-0.2, 0) is 6.42 Å². The number of nitrogens with zero attached hydrogens (tertiary/aromatic N) is 4. The van der Waals surface area contributed by atoms with Crippen LogP contribution in [0.2, 0.25) is 0 Å². The molecule has 1 unspecified atom stereocenters. The molecule has 6 heteroatoms. The highest BCUT2D eigenvalue weighted by Gasteiger charge is 2.32. The summed E-state index contributed by atoms with van der Waals surface area (Å²) >= 11 is 0. The van der Waals surface area contributed by atoms with Crippen molar-refractivity contribution in [3.8, 4) is 0 Å². The first-order chi connectivity index (χ1) is 13.2. The molecule has 3 aromatic rings. The molecule has 2 aromatic heterocycles. The molecule has 0 radical (unpaired) electrons. The minimum absolute atomic E-state index is 0.0769. The highest BCUT2D eigenvalue weighted by atomic mass is 19.1. The fraction of sp³-hybridized carbons (Fsp3) is 0.238. The van der Waals surface area contributed by atoms with Gasteiger partial charge in [-0.3, -0.25) is 14.8 Å². The van der Waals surface area contributed by atoms with Crippen molar-refractivity contribution in [2.24, 2.45) is 0 Å². The first-order valence-electron chi connectivity index (χ1n) is 8.98. The van der Waals surface area contributed by atoms with Crippen molar-refractivity contribution in [1.29, 1.82) is 0 Å². The molecule has 1 aromatic carbocycles. The number of carbonyl (C=O) groups excluding carboxylic acids is 1. The van der Waals surface area contributed by atoms with Crippen molar-refractivity contribution in [1.82, 2.24) is 19.9 Å². The van der Waals surface area contributed by atoms with E-state index in [2.05, 4.69) is 9.97 Å². The Bertz CT molecular complexity index is 948. The molecule has 0 spiro atoms. The van der Waals surface area contributed by atoms with Gasteiger partial charge in [0.15, 0.2) is 0 Å². The van der Waals surface area contributed by atoms with Gasteiger partial charge in [0.1, 0.15) is 11.5 Å². The van der Waals surface area contributed by atoms with Gasteiger partial charge in [0.2, 0.25) is 0 Å². The Morgan fingerprint density at radius 1 is 1.19 bits per heavy atom. The van der Waals surface area contributed by atoms with Gasteiger partial charge in [-0.2, -0.15) is 0 Å². The number of aromatic nitrogens is 3. The van der Waals surface area contributed by atoms with Crippen LogP contribution in [0.5, 0.6) is 0 Å². The third-order valence-electron chi connectivity index (χ3n) is 4.74. The molecule has 1 fully saturated rings. The van der Waals surface area contributed by atoms with Crippen molar-refractivity contribution in [3.05, 3.63) is 89.5 Å². The van der Waals surface area contributed by atoms with Gasteiger partial charge < -0.3 is 4.90 Å². The molecule has 0 N–H and O–H groups in total. The lowest BCUT2D eigenvalue weighted by Crippen LogP contribution is -2.31. The summed E-state index contributed by atoms with van der Waals surface area (Å²) in [6.45, 7) is 0.676. The zero-order valence-corrected chi connectivity index (χ0v) is 14.8. The molecule has 1 aliphatic rings. The zero-order chi connectivity index (χ0) is 18.6. The van der Waals surface area contributed by atoms with Crippen LogP contribution in [0, 0.1) is 5.82 Å². The molecule has 3 heterocycles. The van der Waals surface area contributed by atoms with E-state index >= 15 is 0 Å². The van der Waals surface area contributed by atoms with Gasteiger partial charge in [0.05, 0.1) is 17.9 Å². The molecule has 1 atom stereocenters. The summed E-state index contributed by atoms with van der Waals surface area (Å²) < 4.78 is 13.4. The van der Waals surface area contributed by atoms with Crippen LogP contribution in [0.4, 0.5) is 4.39 Å². The van der Waals surface area contributed by atoms with Gasteiger partial charge in [0, 0.05) is 31.1 Å². The van der Waals surface area contributed by atoms with Gasteiger partial charge in [-0.05, 0) is 42.7 Å². The maximum absolute atomic E-state index is 13.4. The zero-order valence-electron chi connectivity index (χ0n) is 14.8. The van der Waals surface area contributed by atoms with Crippen LogP contribution in [-0.4, -0.2) is 32.3 Å². The van der Waals surface area contributed by atoms with E-state index in [1.165, 1.54) is 24.5 Å². The Kier molecular flexibility index (Phi) is 4.87. The lowest BCUT2D eigenvalue weighted by Gasteiger charge is -2.24. The van der Waals surface area contributed by atoms with E-state index in [4.69, 9.17) is 4.98 Å². The Balaban J connectivity index is 1.56. The first kappa shape index (κ1) is 17.3. The molecule has 4 rings (SSSR count). The second-order valence-electron chi connectivity index (χ2n) is 6.61. The SMILES string of the molecule is O=C(c1cnccn1)N1CCCC1c1cccc(Cc2cccc(F)c2)n1. The summed E-state index contributed by atoms with van der Waals surface area (Å²) in [6.07, 6.45) is 6.91. The normalized spacial score (nSPS) is 16.5. The van der Waals surface area contributed by atoms with Gasteiger partial charge in [-0.15, -0.1) is 0 Å². The van der Waals surface area contributed by atoms with Gasteiger partial charge in [0.25, 0.3) is 5.91 Å². The Hall–Kier alpha value is -3.15. The molecule has 5 nitrogen and oxygen atoms in total. The molecule has 136 valence electrons. The predicted molar refractivity (Wildman–Crippen MR) is 98.5 cm³/mol. The highest BCUT2D eigenvalue weighted by molar-refractivity contribution is 5.92. The fourth-order valence-electron chi connectivity index (χ4n) is 3.51. The minimum atomic E-state index is -0.250. The summed E-state index contributed by atoms with van der Waals surface area (Å²) in [5.41, 5.74) is 2.94. The number of pyridine rings is 1. The van der Waals surface area contributed by atoms with Gasteiger partial charge in [-0.25, -0.2) is 9.37 Å². The van der Waals surface area contributed by atoms with Crippen molar-refractivity contribution >= 4 is 5.91 Å². The van der Waals surface area contributed by atoms with Crippen molar-refractivity contribution < 1.29 is 9.18 Å². The van der Waals surface area contributed by atoms with Crippen LogP contribution in [0.3, 0.4) is 0 Å². The number of benzene rings is 1. The molecule has 27 heavy (non-hydrogen) atoms. The lowest BCUT2D eigenvalue weighted by molar-refractivity contribution is 0.0726. The van der Waals surface area contributed by atoms with Crippen LogP contribution in [0.15, 0.2) is 61.1 Å². The van der Waals surface area contributed by atoms with E-state index in [-0.39, 0.29) is 17.8 Å². The average molecular weight is 362 g/mol. The average Bonchev–Trinajstić information content (AvgIpc) is 3.18. The first-order valence-corrected chi connectivity index (χ1v) is 8.98. The second kappa shape index (κ2) is 7.61.